The molecule has 9 aliphatic rings. The van der Waals surface area contributed by atoms with Gasteiger partial charge in [0.2, 0.25) is 6.29 Å². The maximum atomic E-state index is 14.9. The molecular weight excluding hydrogens is 993 g/mol. The van der Waals surface area contributed by atoms with E-state index in [0.29, 0.717) is 44.9 Å². The second-order valence-corrected chi connectivity index (χ2v) is 24.4. The van der Waals surface area contributed by atoms with Gasteiger partial charge in [0.15, 0.2) is 18.9 Å². The van der Waals surface area contributed by atoms with Crippen molar-refractivity contribution in [3.05, 3.63) is 23.8 Å². The molecule has 29 unspecified atom stereocenters. The third-order valence-corrected chi connectivity index (χ3v) is 20.5. The summed E-state index contributed by atoms with van der Waals surface area (Å²) in [6.45, 7) is 12.2. The predicted molar refractivity (Wildman–Crippen MR) is 254 cm³/mol. The highest BCUT2D eigenvalue weighted by molar-refractivity contribution is 5.79. The van der Waals surface area contributed by atoms with Crippen molar-refractivity contribution >= 4 is 5.97 Å². The second-order valence-electron chi connectivity index (χ2n) is 24.4. The Morgan fingerprint density at radius 2 is 1.36 bits per heavy atom. The third-order valence-electron chi connectivity index (χ3n) is 20.5. The highest BCUT2D eigenvalue weighted by Gasteiger charge is 2.71. The molecule has 23 nitrogen and oxygen atoms in total. The van der Waals surface area contributed by atoms with E-state index in [1.165, 1.54) is 6.92 Å². The lowest BCUT2D eigenvalue weighted by molar-refractivity contribution is -0.375. The van der Waals surface area contributed by atoms with Crippen LogP contribution in [0.25, 0.3) is 0 Å². The predicted octanol–water partition coefficient (Wildman–Crippen LogP) is -2.90. The molecule has 4 saturated carbocycles. The Bertz CT molecular complexity index is 2100. The van der Waals surface area contributed by atoms with E-state index in [4.69, 9.17) is 37.9 Å². The van der Waals surface area contributed by atoms with E-state index in [-0.39, 0.29) is 29.8 Å². The number of aliphatic hydroxyl groups excluding tert-OH is 14. The lowest BCUT2D eigenvalue weighted by Crippen LogP contribution is -2.68. The molecule has 0 spiro atoms. The van der Waals surface area contributed by atoms with Gasteiger partial charge in [-0.25, -0.2) is 0 Å². The molecule has 9 rings (SSSR count). The zero-order valence-corrected chi connectivity index (χ0v) is 43.3. The molecule has 4 heterocycles. The van der Waals surface area contributed by atoms with Gasteiger partial charge in [-0.1, -0.05) is 51.5 Å². The molecule has 4 saturated heterocycles. The maximum Gasteiger partial charge on any atom is 0.315 e. The van der Waals surface area contributed by atoms with Crippen LogP contribution in [0.4, 0.5) is 0 Å². The van der Waals surface area contributed by atoms with Crippen molar-refractivity contribution in [2.24, 2.45) is 44.8 Å². The minimum Gasteiger partial charge on any atom is -0.432 e. The minimum atomic E-state index is -1.95. The van der Waals surface area contributed by atoms with E-state index in [9.17, 15) is 76.3 Å². The second kappa shape index (κ2) is 21.2. The molecule has 75 heavy (non-hydrogen) atoms. The van der Waals surface area contributed by atoms with E-state index < -0.39 is 176 Å². The van der Waals surface area contributed by atoms with E-state index >= 15 is 0 Å². The first-order chi connectivity index (χ1) is 35.2. The summed E-state index contributed by atoms with van der Waals surface area (Å²) in [6, 6.07) is 0. The summed E-state index contributed by atoms with van der Waals surface area (Å²) in [5.41, 5.74) is -0.935. The fourth-order valence-electron chi connectivity index (χ4n) is 15.7. The molecule has 0 aromatic heterocycles. The van der Waals surface area contributed by atoms with Crippen LogP contribution in [0.15, 0.2) is 23.8 Å². The molecule has 14 N–H and O–H groups in total. The molecule has 0 aromatic carbocycles. The highest BCUT2D eigenvalue weighted by atomic mass is 16.8. The van der Waals surface area contributed by atoms with Crippen LogP contribution in [0.5, 0.6) is 0 Å². The van der Waals surface area contributed by atoms with Crippen molar-refractivity contribution in [2.75, 3.05) is 26.4 Å². The van der Waals surface area contributed by atoms with Gasteiger partial charge < -0.3 is 109 Å². The van der Waals surface area contributed by atoms with Crippen molar-refractivity contribution in [1.29, 1.82) is 0 Å². The van der Waals surface area contributed by atoms with Crippen molar-refractivity contribution in [2.45, 2.75) is 221 Å². The normalized spacial score (nSPS) is 55.1. The van der Waals surface area contributed by atoms with E-state index in [1.807, 2.05) is 6.92 Å². The van der Waals surface area contributed by atoms with Crippen LogP contribution >= 0.6 is 0 Å². The van der Waals surface area contributed by atoms with E-state index in [2.05, 4.69) is 33.4 Å². The van der Waals surface area contributed by atoms with Crippen LogP contribution < -0.4 is 0 Å². The average molecular weight is 1080 g/mol. The van der Waals surface area contributed by atoms with Crippen LogP contribution in [0.3, 0.4) is 0 Å². The van der Waals surface area contributed by atoms with Crippen LogP contribution in [-0.4, -0.2) is 233 Å². The van der Waals surface area contributed by atoms with Gasteiger partial charge in [0.25, 0.3) is 0 Å². The number of carbonyl (C=O) groups excluding carboxylic acids is 1. The molecular formula is C52H82O23. The fraction of sp³-hybridized carbons (Fsp3) is 0.904. The molecule has 0 bridgehead atoms. The summed E-state index contributed by atoms with van der Waals surface area (Å²) in [6.07, 6.45) is -26.7. The molecule has 29 atom stereocenters. The molecule has 5 aliphatic carbocycles. The number of rotatable bonds is 11. The minimum absolute atomic E-state index is 0.0367. The summed E-state index contributed by atoms with van der Waals surface area (Å²) < 4.78 is 46.0. The van der Waals surface area contributed by atoms with Gasteiger partial charge in [-0.2, -0.15) is 0 Å². The molecule has 0 amide bonds. The number of carbonyl (C=O) groups is 1. The Kier molecular flexibility index (Phi) is 16.3. The standard InChI is InChI=1S/C52H82O23/c1-21-9-12-52(14-13-50(5)23(24(52)15-21)7-8-30-48(3)16-25(55)42(66)49(4,20-54)29(48)10-11-51(30,50)6)47(67)75-45-37(63)34(60)33(59)28(72-45)19-69-43-38(64)35(61)40(27(17-53)71-43)73-46-39(65)41(31(57)22(2)70-46)74-44-36(62)32(58)26(56)18-68-44/h7,22,24-46,53-66H,1,8-20H2,2-6H3. The highest BCUT2D eigenvalue weighted by Crippen LogP contribution is 2.75. The Morgan fingerprint density at radius 3 is 2.05 bits per heavy atom. The number of hydrogen-bond acceptors (Lipinski definition) is 23. The Hall–Kier alpha value is -1.89. The average Bonchev–Trinajstić information content (AvgIpc) is 3.37. The largest absolute Gasteiger partial charge is 0.432 e. The smallest absolute Gasteiger partial charge is 0.315 e. The third kappa shape index (κ3) is 9.31. The number of hydrogen-bond donors (Lipinski definition) is 14. The summed E-state index contributed by atoms with van der Waals surface area (Å²) in [5.74, 6) is -0.927. The van der Waals surface area contributed by atoms with Gasteiger partial charge in [0.1, 0.15) is 85.5 Å². The summed E-state index contributed by atoms with van der Waals surface area (Å²) in [4.78, 5) is 14.9. The van der Waals surface area contributed by atoms with Gasteiger partial charge in [-0.05, 0) is 92.8 Å². The van der Waals surface area contributed by atoms with Gasteiger partial charge >= 0.3 is 5.97 Å². The van der Waals surface area contributed by atoms with Gasteiger partial charge in [-0.3, -0.25) is 4.79 Å². The quantitative estimate of drug-likeness (QED) is 0.0729. The molecule has 4 aliphatic heterocycles. The zero-order valence-electron chi connectivity index (χ0n) is 43.3. The Morgan fingerprint density at radius 1 is 0.693 bits per heavy atom. The van der Waals surface area contributed by atoms with E-state index in [1.54, 1.807) is 0 Å². The summed E-state index contributed by atoms with van der Waals surface area (Å²) >= 11 is 0. The molecule has 8 fully saturated rings. The van der Waals surface area contributed by atoms with Crippen LogP contribution in [0, 0.1) is 44.8 Å². The fourth-order valence-corrected chi connectivity index (χ4v) is 15.7. The molecule has 23 heteroatoms. The van der Waals surface area contributed by atoms with Crippen molar-refractivity contribution < 1.29 is 114 Å². The van der Waals surface area contributed by atoms with Crippen LogP contribution in [0.1, 0.15) is 92.4 Å². The first-order valence-corrected chi connectivity index (χ1v) is 26.7. The van der Waals surface area contributed by atoms with E-state index in [0.717, 1.165) is 24.0 Å². The SMILES string of the molecule is C=C1CCC2(C(=O)OC3OC(COC4OC(CO)C(OC5OC(C)C(O)C(OC6OCC(O)C(O)C6O)C5O)C(O)C4O)C(O)C(O)C3O)CCC3(C)C(=CCC4C5(C)CC(O)C(O)C(C)(CO)C5CCC43C)C2C1. The molecule has 0 radical (unpaired) electrons. The Balaban J connectivity index is 0.865. The van der Waals surface area contributed by atoms with Gasteiger partial charge in [0, 0.05) is 11.3 Å². The van der Waals surface area contributed by atoms with Crippen molar-refractivity contribution in [1.82, 2.24) is 0 Å². The topological polar surface area (TPSA) is 374 Å². The number of ether oxygens (including phenoxy) is 8. The number of fused-ring (bicyclic) bond motifs is 7. The first kappa shape index (κ1) is 57.8. The van der Waals surface area contributed by atoms with Crippen molar-refractivity contribution in [3.63, 3.8) is 0 Å². The van der Waals surface area contributed by atoms with Crippen molar-refractivity contribution in [3.8, 4) is 0 Å². The van der Waals surface area contributed by atoms with Crippen LogP contribution in [-0.2, 0) is 42.7 Å². The zero-order chi connectivity index (χ0) is 54.6. The first-order valence-electron chi connectivity index (χ1n) is 26.7. The van der Waals surface area contributed by atoms with Crippen LogP contribution in [0.2, 0.25) is 0 Å². The summed E-state index contributed by atoms with van der Waals surface area (Å²) in [5, 5.41) is 152. The Labute approximate surface area is 435 Å². The monoisotopic (exact) mass is 1070 g/mol. The molecule has 0 aromatic rings. The number of allylic oxidation sites excluding steroid dienone is 3. The number of esters is 1. The van der Waals surface area contributed by atoms with Gasteiger partial charge in [-0.15, -0.1) is 0 Å². The summed E-state index contributed by atoms with van der Waals surface area (Å²) in [7, 11) is 0. The van der Waals surface area contributed by atoms with Gasteiger partial charge in [0.05, 0.1) is 50.2 Å². The maximum absolute atomic E-state index is 14.9. The number of aliphatic hydroxyl groups is 14. The molecule has 428 valence electrons. The lowest BCUT2D eigenvalue weighted by atomic mass is 9.33. The lowest BCUT2D eigenvalue weighted by Gasteiger charge is -2.71.